The van der Waals surface area contributed by atoms with Gasteiger partial charge in [-0.2, -0.15) is 0 Å². The second-order valence-electron chi connectivity index (χ2n) is 3.35. The van der Waals surface area contributed by atoms with Gasteiger partial charge in [0.2, 0.25) is 0 Å². The van der Waals surface area contributed by atoms with Crippen LogP contribution in [0.5, 0.6) is 5.75 Å². The fraction of sp³-hybridized carbons (Fsp3) is 0.0833. The second kappa shape index (κ2) is 5.33. The quantitative estimate of drug-likeness (QED) is 0.942. The SMILES string of the molecule is NC(=O)c1ccccc1OCc1ccc(Br)s1. The molecule has 0 fully saturated rings. The van der Waals surface area contributed by atoms with Crippen molar-refractivity contribution < 1.29 is 9.53 Å². The number of carbonyl (C=O) groups is 1. The summed E-state index contributed by atoms with van der Waals surface area (Å²) in [6, 6.07) is 10.9. The van der Waals surface area contributed by atoms with Crippen molar-refractivity contribution in [1.29, 1.82) is 0 Å². The number of amides is 1. The molecule has 17 heavy (non-hydrogen) atoms. The highest BCUT2D eigenvalue weighted by atomic mass is 79.9. The first-order valence-corrected chi connectivity index (χ1v) is 6.53. The Labute approximate surface area is 111 Å². The molecule has 1 heterocycles. The minimum absolute atomic E-state index is 0.406. The summed E-state index contributed by atoms with van der Waals surface area (Å²) in [5.74, 6) is 0.0393. The number of rotatable bonds is 4. The van der Waals surface area contributed by atoms with Gasteiger partial charge in [-0.05, 0) is 40.2 Å². The predicted octanol–water partition coefficient (Wildman–Crippen LogP) is 3.19. The second-order valence-corrected chi connectivity index (χ2v) is 5.90. The third kappa shape index (κ3) is 3.08. The molecule has 0 unspecified atom stereocenters. The molecule has 2 rings (SSSR count). The molecule has 2 N–H and O–H groups in total. The van der Waals surface area contributed by atoms with Gasteiger partial charge in [0.1, 0.15) is 12.4 Å². The highest BCUT2D eigenvalue weighted by Crippen LogP contribution is 2.24. The Morgan fingerprint density at radius 3 is 2.71 bits per heavy atom. The van der Waals surface area contributed by atoms with Gasteiger partial charge in [0.05, 0.1) is 9.35 Å². The molecule has 1 aromatic carbocycles. The normalized spacial score (nSPS) is 10.2. The highest BCUT2D eigenvalue weighted by molar-refractivity contribution is 9.11. The lowest BCUT2D eigenvalue weighted by Crippen LogP contribution is -2.12. The lowest BCUT2D eigenvalue weighted by Gasteiger charge is -2.07. The Balaban J connectivity index is 2.11. The summed E-state index contributed by atoms with van der Waals surface area (Å²) < 4.78 is 6.64. The van der Waals surface area contributed by atoms with Crippen molar-refractivity contribution in [3.63, 3.8) is 0 Å². The molecule has 0 aliphatic heterocycles. The van der Waals surface area contributed by atoms with Gasteiger partial charge in [0.15, 0.2) is 0 Å². The van der Waals surface area contributed by atoms with E-state index >= 15 is 0 Å². The third-order valence-electron chi connectivity index (χ3n) is 2.15. The van der Waals surface area contributed by atoms with Crippen LogP contribution in [0.1, 0.15) is 15.2 Å². The maximum atomic E-state index is 11.2. The summed E-state index contributed by atoms with van der Waals surface area (Å²) in [5, 5.41) is 0. The van der Waals surface area contributed by atoms with Crippen molar-refractivity contribution in [3.8, 4) is 5.75 Å². The van der Waals surface area contributed by atoms with Crippen LogP contribution in [0.2, 0.25) is 0 Å². The fourth-order valence-corrected chi connectivity index (χ4v) is 2.77. The number of carbonyl (C=O) groups excluding carboxylic acids is 1. The summed E-state index contributed by atoms with van der Waals surface area (Å²) in [7, 11) is 0. The van der Waals surface area contributed by atoms with Crippen molar-refractivity contribution in [2.45, 2.75) is 6.61 Å². The fourth-order valence-electron chi connectivity index (χ4n) is 1.37. The predicted molar refractivity (Wildman–Crippen MR) is 71.3 cm³/mol. The molecule has 0 aliphatic carbocycles. The largest absolute Gasteiger partial charge is 0.487 e. The molecule has 0 saturated carbocycles. The van der Waals surface area contributed by atoms with Crippen molar-refractivity contribution in [2.24, 2.45) is 5.73 Å². The van der Waals surface area contributed by atoms with E-state index in [1.807, 2.05) is 18.2 Å². The van der Waals surface area contributed by atoms with Gasteiger partial charge in [0.25, 0.3) is 5.91 Å². The third-order valence-corrected chi connectivity index (χ3v) is 3.75. The molecule has 0 aliphatic rings. The van der Waals surface area contributed by atoms with Crippen LogP contribution in [0.3, 0.4) is 0 Å². The van der Waals surface area contributed by atoms with E-state index in [0.717, 1.165) is 8.66 Å². The van der Waals surface area contributed by atoms with Crippen LogP contribution in [-0.4, -0.2) is 5.91 Å². The molecule has 0 bridgehead atoms. The number of primary amides is 1. The van der Waals surface area contributed by atoms with E-state index < -0.39 is 5.91 Å². The van der Waals surface area contributed by atoms with E-state index in [9.17, 15) is 4.79 Å². The zero-order chi connectivity index (χ0) is 12.3. The molecule has 0 atom stereocenters. The summed E-state index contributed by atoms with van der Waals surface area (Å²) in [6.45, 7) is 0.431. The molecule has 3 nitrogen and oxygen atoms in total. The van der Waals surface area contributed by atoms with E-state index in [-0.39, 0.29) is 0 Å². The Morgan fingerprint density at radius 2 is 2.06 bits per heavy atom. The Hall–Kier alpha value is -1.33. The Morgan fingerprint density at radius 1 is 1.29 bits per heavy atom. The number of benzene rings is 1. The van der Waals surface area contributed by atoms with E-state index in [0.29, 0.717) is 17.9 Å². The number of halogens is 1. The molecule has 2 aromatic rings. The number of hydrogen-bond donors (Lipinski definition) is 1. The van der Waals surface area contributed by atoms with Crippen molar-refractivity contribution in [1.82, 2.24) is 0 Å². The Kier molecular flexibility index (Phi) is 3.81. The summed E-state index contributed by atoms with van der Waals surface area (Å²) in [4.78, 5) is 12.3. The zero-order valence-electron chi connectivity index (χ0n) is 8.85. The topological polar surface area (TPSA) is 52.3 Å². The van der Waals surface area contributed by atoms with Crippen LogP contribution in [0.4, 0.5) is 0 Å². The van der Waals surface area contributed by atoms with E-state index in [1.165, 1.54) is 0 Å². The van der Waals surface area contributed by atoms with Crippen molar-refractivity contribution in [2.75, 3.05) is 0 Å². The zero-order valence-corrected chi connectivity index (χ0v) is 11.3. The van der Waals surface area contributed by atoms with Gasteiger partial charge in [-0.1, -0.05) is 12.1 Å². The first-order chi connectivity index (χ1) is 8.16. The molecule has 0 saturated heterocycles. The first kappa shape index (κ1) is 12.1. The van der Waals surface area contributed by atoms with Gasteiger partial charge in [-0.15, -0.1) is 11.3 Å². The molecule has 0 spiro atoms. The van der Waals surface area contributed by atoms with Gasteiger partial charge >= 0.3 is 0 Å². The maximum absolute atomic E-state index is 11.2. The van der Waals surface area contributed by atoms with Crippen LogP contribution in [0, 0.1) is 0 Å². The average molecular weight is 312 g/mol. The molecule has 5 heteroatoms. The van der Waals surface area contributed by atoms with Crippen LogP contribution in [-0.2, 0) is 6.61 Å². The lowest BCUT2D eigenvalue weighted by atomic mass is 10.2. The molecular weight excluding hydrogens is 302 g/mol. The van der Waals surface area contributed by atoms with Crippen LogP contribution in [0.15, 0.2) is 40.2 Å². The monoisotopic (exact) mass is 311 g/mol. The highest BCUT2D eigenvalue weighted by Gasteiger charge is 2.08. The van der Waals surface area contributed by atoms with E-state index in [4.69, 9.17) is 10.5 Å². The van der Waals surface area contributed by atoms with Gasteiger partial charge in [-0.3, -0.25) is 4.79 Å². The van der Waals surface area contributed by atoms with Crippen LogP contribution < -0.4 is 10.5 Å². The number of para-hydroxylation sites is 1. The van der Waals surface area contributed by atoms with Crippen molar-refractivity contribution in [3.05, 3.63) is 50.6 Å². The van der Waals surface area contributed by atoms with Crippen molar-refractivity contribution >= 4 is 33.2 Å². The number of ether oxygens (including phenoxy) is 1. The number of thiophene rings is 1. The minimum atomic E-state index is -0.479. The molecular formula is C12H10BrNO2S. The maximum Gasteiger partial charge on any atom is 0.252 e. The minimum Gasteiger partial charge on any atom is -0.487 e. The molecule has 88 valence electrons. The summed E-state index contributed by atoms with van der Waals surface area (Å²) in [5.41, 5.74) is 5.67. The molecule has 1 aromatic heterocycles. The van der Waals surface area contributed by atoms with Gasteiger partial charge in [0, 0.05) is 4.88 Å². The van der Waals surface area contributed by atoms with Crippen LogP contribution >= 0.6 is 27.3 Å². The Bertz CT molecular complexity index is 539. The van der Waals surface area contributed by atoms with Gasteiger partial charge < -0.3 is 10.5 Å². The first-order valence-electron chi connectivity index (χ1n) is 4.92. The standard InChI is InChI=1S/C12H10BrNO2S/c13-11-6-5-8(17-11)7-16-10-4-2-1-3-9(10)12(14)15/h1-6H,7H2,(H2,14,15). The smallest absolute Gasteiger partial charge is 0.252 e. The van der Waals surface area contributed by atoms with Crippen LogP contribution in [0.25, 0.3) is 0 Å². The summed E-state index contributed by atoms with van der Waals surface area (Å²) in [6.07, 6.45) is 0. The van der Waals surface area contributed by atoms with Gasteiger partial charge in [-0.25, -0.2) is 0 Å². The van der Waals surface area contributed by atoms with E-state index in [1.54, 1.807) is 29.5 Å². The number of nitrogens with two attached hydrogens (primary N) is 1. The number of hydrogen-bond acceptors (Lipinski definition) is 3. The summed E-state index contributed by atoms with van der Waals surface area (Å²) >= 11 is 4.98. The lowest BCUT2D eigenvalue weighted by molar-refractivity contribution is 0.0996. The van der Waals surface area contributed by atoms with E-state index in [2.05, 4.69) is 15.9 Å². The molecule has 1 amide bonds. The molecule has 0 radical (unpaired) electrons. The average Bonchev–Trinajstić information content (AvgIpc) is 2.73.